The zero-order chi connectivity index (χ0) is 11.7. The number of halogens is 2. The number of hydrogen-bond donors (Lipinski definition) is 1. The lowest BCUT2D eigenvalue weighted by Gasteiger charge is -2.11. The van der Waals surface area contributed by atoms with Gasteiger partial charge in [0.25, 0.3) is 0 Å². The zero-order valence-corrected chi connectivity index (χ0v) is 10.3. The van der Waals surface area contributed by atoms with Gasteiger partial charge in [0.1, 0.15) is 11.6 Å². The smallest absolute Gasteiger partial charge is 0.169 e. The van der Waals surface area contributed by atoms with Crippen molar-refractivity contribution in [1.29, 1.82) is 0 Å². The minimum Gasteiger partial charge on any atom is -0.452 e. The summed E-state index contributed by atoms with van der Waals surface area (Å²) in [5, 5.41) is 0. The van der Waals surface area contributed by atoms with Gasteiger partial charge in [-0.2, -0.15) is 0 Å². The maximum atomic E-state index is 13.6. The van der Waals surface area contributed by atoms with E-state index in [1.54, 1.807) is 24.3 Å². The molecular weight excluding hydrogens is 273 g/mol. The largest absolute Gasteiger partial charge is 0.452 e. The van der Waals surface area contributed by atoms with Gasteiger partial charge in [-0.25, -0.2) is 4.39 Å². The first kappa shape index (κ1) is 11.4. The second-order valence-electron chi connectivity index (χ2n) is 3.64. The predicted octanol–water partition coefficient (Wildman–Crippen LogP) is 3.54. The summed E-state index contributed by atoms with van der Waals surface area (Å²) in [5.41, 5.74) is 7.36. The van der Waals surface area contributed by atoms with E-state index >= 15 is 0 Å². The van der Waals surface area contributed by atoms with Crippen molar-refractivity contribution in [2.45, 2.75) is 13.0 Å². The first-order valence-electron chi connectivity index (χ1n) is 4.85. The molecule has 0 aliphatic carbocycles. The predicted molar refractivity (Wildman–Crippen MR) is 63.6 cm³/mol. The molecule has 0 aliphatic heterocycles. The van der Waals surface area contributed by atoms with Crippen LogP contribution in [0.5, 0.6) is 0 Å². The fourth-order valence-corrected chi connectivity index (χ4v) is 1.87. The Kier molecular flexibility index (Phi) is 3.12. The van der Waals surface area contributed by atoms with Crippen molar-refractivity contribution >= 4 is 15.9 Å². The minimum atomic E-state index is -0.578. The van der Waals surface area contributed by atoms with Gasteiger partial charge in [0.05, 0.1) is 6.04 Å². The van der Waals surface area contributed by atoms with Gasteiger partial charge in [0, 0.05) is 5.56 Å². The Morgan fingerprint density at radius 2 is 2.06 bits per heavy atom. The Morgan fingerprint density at radius 3 is 2.69 bits per heavy atom. The Hall–Kier alpha value is -1.13. The average molecular weight is 284 g/mol. The van der Waals surface area contributed by atoms with Gasteiger partial charge >= 0.3 is 0 Å². The molecule has 84 valence electrons. The third-order valence-electron chi connectivity index (χ3n) is 2.39. The fraction of sp³-hybridized carbons (Fsp3) is 0.167. The molecule has 1 heterocycles. The lowest BCUT2D eigenvalue weighted by molar-refractivity contribution is 0.463. The standard InChI is InChI=1S/C12H11BrFNO/c1-7-2-3-9(14)8(6-7)12(15)10-4-5-11(13)16-10/h2-6,12H,15H2,1H3. The molecule has 0 saturated carbocycles. The molecule has 0 fully saturated rings. The van der Waals surface area contributed by atoms with Crippen LogP contribution in [0.15, 0.2) is 39.4 Å². The van der Waals surface area contributed by atoms with Crippen LogP contribution in [0.2, 0.25) is 0 Å². The average Bonchev–Trinajstić information content (AvgIpc) is 2.67. The fourth-order valence-electron chi connectivity index (χ4n) is 1.55. The van der Waals surface area contributed by atoms with Crippen molar-refractivity contribution in [2.24, 2.45) is 5.73 Å². The molecule has 2 rings (SSSR count). The normalized spacial score (nSPS) is 12.8. The molecule has 0 spiro atoms. The number of benzene rings is 1. The van der Waals surface area contributed by atoms with Crippen LogP contribution in [-0.4, -0.2) is 0 Å². The van der Waals surface area contributed by atoms with E-state index < -0.39 is 6.04 Å². The van der Waals surface area contributed by atoms with E-state index in [1.165, 1.54) is 6.07 Å². The number of rotatable bonds is 2. The molecule has 4 heteroatoms. The molecule has 16 heavy (non-hydrogen) atoms. The van der Waals surface area contributed by atoms with Crippen LogP contribution in [0.1, 0.15) is 22.9 Å². The third kappa shape index (κ3) is 2.18. The molecule has 0 amide bonds. The second kappa shape index (κ2) is 4.39. The summed E-state index contributed by atoms with van der Waals surface area (Å²) >= 11 is 3.19. The third-order valence-corrected chi connectivity index (χ3v) is 2.81. The number of furan rings is 1. The summed E-state index contributed by atoms with van der Waals surface area (Å²) in [6, 6.07) is 7.76. The molecule has 1 atom stereocenters. The summed E-state index contributed by atoms with van der Waals surface area (Å²) in [4.78, 5) is 0. The molecule has 2 nitrogen and oxygen atoms in total. The molecule has 0 bridgehead atoms. The van der Waals surface area contributed by atoms with Crippen molar-refractivity contribution in [3.8, 4) is 0 Å². The molecule has 2 aromatic rings. The van der Waals surface area contributed by atoms with Gasteiger partial charge in [-0.3, -0.25) is 0 Å². The molecule has 1 aromatic heterocycles. The van der Waals surface area contributed by atoms with Gasteiger partial charge in [-0.15, -0.1) is 0 Å². The van der Waals surface area contributed by atoms with Crippen molar-refractivity contribution in [2.75, 3.05) is 0 Å². The maximum Gasteiger partial charge on any atom is 0.169 e. The highest BCUT2D eigenvalue weighted by atomic mass is 79.9. The van der Waals surface area contributed by atoms with Crippen molar-refractivity contribution in [3.63, 3.8) is 0 Å². The topological polar surface area (TPSA) is 39.2 Å². The molecule has 0 aliphatic rings. The van der Waals surface area contributed by atoms with Gasteiger partial charge in [0.2, 0.25) is 0 Å². The van der Waals surface area contributed by atoms with Crippen molar-refractivity contribution in [3.05, 3.63) is 57.7 Å². The second-order valence-corrected chi connectivity index (χ2v) is 4.43. The van der Waals surface area contributed by atoms with Crippen LogP contribution in [0.4, 0.5) is 4.39 Å². The summed E-state index contributed by atoms with van der Waals surface area (Å²) < 4.78 is 19.5. The number of aryl methyl sites for hydroxylation is 1. The van der Waals surface area contributed by atoms with Crippen molar-refractivity contribution < 1.29 is 8.81 Å². The molecular formula is C12H11BrFNO. The summed E-state index contributed by atoms with van der Waals surface area (Å²) in [7, 11) is 0. The summed E-state index contributed by atoms with van der Waals surface area (Å²) in [6.45, 7) is 1.90. The minimum absolute atomic E-state index is 0.314. The molecule has 0 radical (unpaired) electrons. The lowest BCUT2D eigenvalue weighted by Crippen LogP contribution is -2.13. The van der Waals surface area contributed by atoms with Gasteiger partial charge < -0.3 is 10.2 Å². The van der Waals surface area contributed by atoms with Crippen LogP contribution in [0.25, 0.3) is 0 Å². The monoisotopic (exact) mass is 283 g/mol. The van der Waals surface area contributed by atoms with E-state index in [-0.39, 0.29) is 5.82 Å². The molecule has 1 unspecified atom stereocenters. The molecule has 0 saturated heterocycles. The van der Waals surface area contributed by atoms with Gasteiger partial charge in [-0.1, -0.05) is 17.7 Å². The number of nitrogens with two attached hydrogens (primary N) is 1. The lowest BCUT2D eigenvalue weighted by atomic mass is 10.0. The van der Waals surface area contributed by atoms with Gasteiger partial charge in [-0.05, 0) is 41.1 Å². The van der Waals surface area contributed by atoms with E-state index in [0.717, 1.165) is 5.56 Å². The first-order valence-corrected chi connectivity index (χ1v) is 5.64. The van der Waals surface area contributed by atoms with E-state index in [2.05, 4.69) is 15.9 Å². The van der Waals surface area contributed by atoms with Crippen molar-refractivity contribution in [1.82, 2.24) is 0 Å². The van der Waals surface area contributed by atoms with Gasteiger partial charge in [0.15, 0.2) is 4.67 Å². The van der Waals surface area contributed by atoms with E-state index in [0.29, 0.717) is 16.0 Å². The van der Waals surface area contributed by atoms with Crippen LogP contribution < -0.4 is 5.73 Å². The van der Waals surface area contributed by atoms with Crippen LogP contribution in [0, 0.1) is 12.7 Å². The van der Waals surface area contributed by atoms with E-state index in [4.69, 9.17) is 10.2 Å². The Morgan fingerprint density at radius 1 is 1.31 bits per heavy atom. The maximum absolute atomic E-state index is 13.6. The molecule has 1 aromatic carbocycles. The first-order chi connectivity index (χ1) is 7.58. The highest BCUT2D eigenvalue weighted by Gasteiger charge is 2.16. The Balaban J connectivity index is 2.40. The highest BCUT2D eigenvalue weighted by molar-refractivity contribution is 9.10. The van der Waals surface area contributed by atoms with Crippen LogP contribution >= 0.6 is 15.9 Å². The summed E-state index contributed by atoms with van der Waals surface area (Å²) in [5.74, 6) is 0.224. The SMILES string of the molecule is Cc1ccc(F)c(C(N)c2ccc(Br)o2)c1. The Labute approximate surface area is 101 Å². The van der Waals surface area contributed by atoms with E-state index in [1.807, 2.05) is 6.92 Å². The zero-order valence-electron chi connectivity index (χ0n) is 8.71. The van der Waals surface area contributed by atoms with Crippen LogP contribution in [0.3, 0.4) is 0 Å². The van der Waals surface area contributed by atoms with Crippen LogP contribution in [-0.2, 0) is 0 Å². The van der Waals surface area contributed by atoms with E-state index in [9.17, 15) is 4.39 Å². The number of hydrogen-bond acceptors (Lipinski definition) is 2. The molecule has 2 N–H and O–H groups in total. The quantitative estimate of drug-likeness (QED) is 0.916. The Bertz CT molecular complexity index is 509. The summed E-state index contributed by atoms with van der Waals surface area (Å²) in [6.07, 6.45) is 0. The highest BCUT2D eigenvalue weighted by Crippen LogP contribution is 2.26.